The molecular formula is C22H31ClN4O3. The van der Waals surface area contributed by atoms with Gasteiger partial charge in [-0.3, -0.25) is 4.79 Å². The van der Waals surface area contributed by atoms with Crippen molar-refractivity contribution in [3.8, 4) is 6.07 Å². The summed E-state index contributed by atoms with van der Waals surface area (Å²) < 4.78 is 5.42. The fourth-order valence-corrected chi connectivity index (χ4v) is 3.69. The van der Waals surface area contributed by atoms with Crippen LogP contribution in [0.5, 0.6) is 0 Å². The van der Waals surface area contributed by atoms with E-state index in [1.807, 2.05) is 26.8 Å². The van der Waals surface area contributed by atoms with Crippen LogP contribution in [-0.4, -0.2) is 60.6 Å². The van der Waals surface area contributed by atoms with E-state index >= 15 is 0 Å². The summed E-state index contributed by atoms with van der Waals surface area (Å²) in [6.45, 7) is 8.67. The number of hydrogen-bond acceptors (Lipinski definition) is 5. The zero-order valence-corrected chi connectivity index (χ0v) is 19.0. The highest BCUT2D eigenvalue weighted by Gasteiger charge is 2.25. The number of nitrogens with zero attached hydrogens (tertiary/aromatic N) is 3. The Balaban J connectivity index is 1.78. The van der Waals surface area contributed by atoms with Crippen LogP contribution in [0.15, 0.2) is 18.2 Å². The number of carbonyl (C=O) groups excluding carboxylic acids is 2. The number of halogens is 1. The van der Waals surface area contributed by atoms with Gasteiger partial charge in [0.25, 0.3) is 0 Å². The largest absolute Gasteiger partial charge is 0.444 e. The van der Waals surface area contributed by atoms with Crippen LogP contribution >= 0.6 is 11.6 Å². The lowest BCUT2D eigenvalue weighted by molar-refractivity contribution is -0.116. The van der Waals surface area contributed by atoms with Crippen LogP contribution in [0.4, 0.5) is 10.5 Å². The number of ether oxygens (including phenoxy) is 1. The normalized spacial score (nSPS) is 17.1. The zero-order chi connectivity index (χ0) is 22.3. The summed E-state index contributed by atoms with van der Waals surface area (Å²) in [7, 11) is 1.77. The van der Waals surface area contributed by atoms with Crippen molar-refractivity contribution in [2.45, 2.75) is 45.6 Å². The van der Waals surface area contributed by atoms with Gasteiger partial charge in [0.2, 0.25) is 5.91 Å². The lowest BCUT2D eigenvalue weighted by Gasteiger charge is -2.35. The Morgan fingerprint density at radius 3 is 2.77 bits per heavy atom. The monoisotopic (exact) mass is 434 g/mol. The number of nitrogens with one attached hydrogen (secondary N) is 1. The Morgan fingerprint density at radius 1 is 1.40 bits per heavy atom. The summed E-state index contributed by atoms with van der Waals surface area (Å²) in [6.07, 6.45) is 2.16. The highest BCUT2D eigenvalue weighted by molar-refractivity contribution is 6.32. The summed E-state index contributed by atoms with van der Waals surface area (Å²) in [5, 5.41) is 12.1. The molecule has 2 rings (SSSR count). The third-order valence-electron chi connectivity index (χ3n) is 4.87. The predicted molar refractivity (Wildman–Crippen MR) is 117 cm³/mol. The molecule has 1 aromatic rings. The molecule has 1 heterocycles. The molecule has 0 bridgehead atoms. The van der Waals surface area contributed by atoms with E-state index in [1.165, 1.54) is 0 Å². The van der Waals surface area contributed by atoms with Gasteiger partial charge < -0.3 is 19.9 Å². The molecule has 1 saturated heterocycles. The summed E-state index contributed by atoms with van der Waals surface area (Å²) in [5.74, 6) is 0.264. The molecule has 1 aliphatic rings. The number of benzene rings is 1. The van der Waals surface area contributed by atoms with Gasteiger partial charge in [0.1, 0.15) is 11.7 Å². The molecule has 7 nitrogen and oxygen atoms in total. The van der Waals surface area contributed by atoms with Crippen LogP contribution in [0.2, 0.25) is 5.02 Å². The summed E-state index contributed by atoms with van der Waals surface area (Å²) in [4.78, 5) is 28.4. The van der Waals surface area contributed by atoms with E-state index in [9.17, 15) is 9.59 Å². The molecule has 0 aromatic heterocycles. The number of carbonyl (C=O) groups is 2. The fourth-order valence-electron chi connectivity index (χ4n) is 3.47. The van der Waals surface area contributed by atoms with Crippen molar-refractivity contribution in [1.82, 2.24) is 9.80 Å². The molecule has 2 amide bonds. The highest BCUT2D eigenvalue weighted by Crippen LogP contribution is 2.21. The Labute approximate surface area is 183 Å². The molecule has 0 aliphatic carbocycles. The molecule has 164 valence electrons. The van der Waals surface area contributed by atoms with E-state index in [0.717, 1.165) is 25.9 Å². The molecule has 1 N–H and O–H groups in total. The summed E-state index contributed by atoms with van der Waals surface area (Å²) >= 11 is 6.01. The van der Waals surface area contributed by atoms with Gasteiger partial charge in [0.15, 0.2) is 0 Å². The van der Waals surface area contributed by atoms with E-state index < -0.39 is 5.60 Å². The van der Waals surface area contributed by atoms with Gasteiger partial charge in [0, 0.05) is 38.8 Å². The Hall–Kier alpha value is -2.30. The van der Waals surface area contributed by atoms with Crippen molar-refractivity contribution >= 4 is 29.3 Å². The minimum Gasteiger partial charge on any atom is -0.444 e. The first kappa shape index (κ1) is 24.0. The van der Waals surface area contributed by atoms with Crippen molar-refractivity contribution < 1.29 is 14.3 Å². The predicted octanol–water partition coefficient (Wildman–Crippen LogP) is 4.12. The highest BCUT2D eigenvalue weighted by atomic mass is 35.5. The molecule has 0 spiro atoms. The van der Waals surface area contributed by atoms with Gasteiger partial charge in [-0.1, -0.05) is 11.6 Å². The topological polar surface area (TPSA) is 85.7 Å². The van der Waals surface area contributed by atoms with Gasteiger partial charge in [-0.25, -0.2) is 4.79 Å². The second-order valence-electron chi connectivity index (χ2n) is 8.77. The molecule has 1 aromatic carbocycles. The van der Waals surface area contributed by atoms with Gasteiger partial charge >= 0.3 is 6.09 Å². The number of likely N-dealkylation sites (tertiary alicyclic amines) is 1. The van der Waals surface area contributed by atoms with E-state index in [-0.39, 0.29) is 12.0 Å². The number of rotatable bonds is 6. The van der Waals surface area contributed by atoms with Crippen molar-refractivity contribution in [1.29, 1.82) is 5.26 Å². The van der Waals surface area contributed by atoms with Crippen LogP contribution in [0, 0.1) is 17.2 Å². The van der Waals surface area contributed by atoms with E-state index in [4.69, 9.17) is 21.6 Å². The molecular weight excluding hydrogens is 404 g/mol. The minimum atomic E-state index is -0.504. The summed E-state index contributed by atoms with van der Waals surface area (Å²) in [5.41, 5.74) is 0.459. The Kier molecular flexibility index (Phi) is 8.51. The van der Waals surface area contributed by atoms with Crippen molar-refractivity contribution in [2.75, 3.05) is 38.5 Å². The molecule has 8 heteroatoms. The second kappa shape index (κ2) is 10.6. The van der Waals surface area contributed by atoms with Crippen LogP contribution in [0.3, 0.4) is 0 Å². The lowest BCUT2D eigenvalue weighted by atomic mass is 9.97. The third-order valence-corrected chi connectivity index (χ3v) is 5.18. The minimum absolute atomic E-state index is 0.0937. The van der Waals surface area contributed by atoms with E-state index in [0.29, 0.717) is 41.7 Å². The van der Waals surface area contributed by atoms with Crippen molar-refractivity contribution in [3.05, 3.63) is 28.8 Å². The van der Waals surface area contributed by atoms with Crippen LogP contribution in [-0.2, 0) is 9.53 Å². The number of nitriles is 1. The SMILES string of the molecule is CN(CC1CCCN(CCC(=O)Nc2ccc(C#N)c(Cl)c2)C1)C(=O)OC(C)(C)C. The van der Waals surface area contributed by atoms with E-state index in [1.54, 1.807) is 30.1 Å². The molecule has 0 saturated carbocycles. The number of anilines is 1. The lowest BCUT2D eigenvalue weighted by Crippen LogP contribution is -2.43. The summed E-state index contributed by atoms with van der Waals surface area (Å²) in [6, 6.07) is 6.84. The smallest absolute Gasteiger partial charge is 0.410 e. The molecule has 1 unspecified atom stereocenters. The number of hydrogen-bond donors (Lipinski definition) is 1. The maximum Gasteiger partial charge on any atom is 0.410 e. The third kappa shape index (κ3) is 7.85. The van der Waals surface area contributed by atoms with Crippen LogP contribution in [0.1, 0.15) is 45.6 Å². The Bertz CT molecular complexity index is 801. The molecule has 1 atom stereocenters. The van der Waals surface area contributed by atoms with Crippen LogP contribution in [0.25, 0.3) is 0 Å². The van der Waals surface area contributed by atoms with Gasteiger partial charge in [-0.15, -0.1) is 0 Å². The molecule has 30 heavy (non-hydrogen) atoms. The first-order chi connectivity index (χ1) is 14.1. The van der Waals surface area contributed by atoms with E-state index in [2.05, 4.69) is 10.2 Å². The standard InChI is InChI=1S/C22H31ClN4O3/c1-22(2,3)30-21(29)26(4)14-16-6-5-10-27(15-16)11-9-20(28)25-18-8-7-17(13-24)19(23)12-18/h7-8,12,16H,5-6,9-11,14-15H2,1-4H3,(H,25,28). The molecule has 1 aliphatic heterocycles. The van der Waals surface area contributed by atoms with Crippen molar-refractivity contribution in [2.24, 2.45) is 5.92 Å². The van der Waals surface area contributed by atoms with Gasteiger partial charge in [-0.05, 0) is 64.3 Å². The van der Waals surface area contributed by atoms with Crippen molar-refractivity contribution in [3.63, 3.8) is 0 Å². The first-order valence-corrected chi connectivity index (χ1v) is 10.6. The van der Waals surface area contributed by atoms with Crippen LogP contribution < -0.4 is 5.32 Å². The molecule has 1 fully saturated rings. The maximum absolute atomic E-state index is 12.3. The number of piperidine rings is 1. The Morgan fingerprint density at radius 2 is 2.13 bits per heavy atom. The maximum atomic E-state index is 12.3. The quantitative estimate of drug-likeness (QED) is 0.727. The van der Waals surface area contributed by atoms with Gasteiger partial charge in [0.05, 0.1) is 10.6 Å². The fraction of sp³-hybridized carbons (Fsp3) is 0.591. The van der Waals surface area contributed by atoms with Gasteiger partial charge in [-0.2, -0.15) is 5.26 Å². The average Bonchev–Trinajstić information content (AvgIpc) is 2.65. The molecule has 0 radical (unpaired) electrons. The first-order valence-electron chi connectivity index (χ1n) is 10.2. The number of amides is 2. The zero-order valence-electron chi connectivity index (χ0n) is 18.2. The average molecular weight is 435 g/mol. The second-order valence-corrected chi connectivity index (χ2v) is 9.18.